The van der Waals surface area contributed by atoms with Crippen LogP contribution in [0.2, 0.25) is 0 Å². The van der Waals surface area contributed by atoms with Crippen LogP contribution < -0.4 is 5.32 Å². The van der Waals surface area contributed by atoms with Gasteiger partial charge in [-0.05, 0) is 0 Å². The summed E-state index contributed by atoms with van der Waals surface area (Å²) in [5.41, 5.74) is -1.48. The van der Waals surface area contributed by atoms with Crippen molar-refractivity contribution in [2.75, 3.05) is 26.2 Å². The van der Waals surface area contributed by atoms with Crippen LogP contribution >= 0.6 is 24.8 Å². The predicted octanol–water partition coefficient (Wildman–Crippen LogP) is 3.44. The molecule has 0 saturated carbocycles. The summed E-state index contributed by atoms with van der Waals surface area (Å²) in [5.74, 6) is -11.2. The molecule has 1 atom stereocenters. The second-order valence-electron chi connectivity index (χ2n) is 4.55. The first-order chi connectivity index (χ1) is 9.86. The molecule has 134 valence electrons. The van der Waals surface area contributed by atoms with Crippen LogP contribution in [0.1, 0.15) is 11.6 Å². The molecular formula is C12H13Cl2F7N2. The van der Waals surface area contributed by atoms with E-state index in [0.29, 0.717) is 0 Å². The zero-order valence-corrected chi connectivity index (χ0v) is 13.0. The number of piperazine rings is 1. The zero-order valence-electron chi connectivity index (χ0n) is 11.4. The molecule has 2 rings (SSSR count). The van der Waals surface area contributed by atoms with Gasteiger partial charge in [-0.3, -0.25) is 4.90 Å². The molecule has 0 amide bonds. The summed E-state index contributed by atoms with van der Waals surface area (Å²) in [5, 5.41) is 2.84. The van der Waals surface area contributed by atoms with Crippen molar-refractivity contribution in [3.63, 3.8) is 0 Å². The lowest BCUT2D eigenvalue weighted by Crippen LogP contribution is -2.47. The minimum atomic E-state index is -3.30. The topological polar surface area (TPSA) is 15.3 Å². The molecule has 1 aliphatic heterocycles. The van der Waals surface area contributed by atoms with E-state index in [2.05, 4.69) is 5.32 Å². The minimum Gasteiger partial charge on any atom is -0.314 e. The number of hydrogen-bond donors (Lipinski definition) is 1. The van der Waals surface area contributed by atoms with E-state index in [9.17, 15) is 30.7 Å². The summed E-state index contributed by atoms with van der Waals surface area (Å²) in [7, 11) is 0. The summed E-state index contributed by atoms with van der Waals surface area (Å²) in [6.45, 7) is 0.570. The molecule has 0 spiro atoms. The van der Waals surface area contributed by atoms with Crippen LogP contribution in [0.25, 0.3) is 0 Å². The van der Waals surface area contributed by atoms with Gasteiger partial charge in [0.1, 0.15) is 6.04 Å². The largest absolute Gasteiger partial charge is 0.314 e. The first-order valence-electron chi connectivity index (χ1n) is 6.10. The van der Waals surface area contributed by atoms with E-state index in [1.165, 1.54) is 0 Å². The Labute approximate surface area is 139 Å². The number of alkyl halides is 2. The van der Waals surface area contributed by atoms with Gasteiger partial charge in [-0.2, -0.15) is 0 Å². The van der Waals surface area contributed by atoms with Gasteiger partial charge < -0.3 is 5.32 Å². The standard InChI is InChI=1S/C12H11F7N2.2ClH/c13-6-5(7(14)9(16)10(17)8(6)15)11(12(18)19)21-3-1-20-2-4-21;;/h11-12,20H,1-4H2;2*1H/t11-;;/m1../s1. The summed E-state index contributed by atoms with van der Waals surface area (Å²) < 4.78 is 92.9. The highest BCUT2D eigenvalue weighted by atomic mass is 35.5. The van der Waals surface area contributed by atoms with Crippen molar-refractivity contribution in [2.45, 2.75) is 12.5 Å². The first kappa shape index (κ1) is 22.2. The van der Waals surface area contributed by atoms with Gasteiger partial charge in [0, 0.05) is 26.2 Å². The molecule has 1 fully saturated rings. The molecule has 1 N–H and O–H groups in total. The van der Waals surface area contributed by atoms with Crippen molar-refractivity contribution >= 4 is 24.8 Å². The van der Waals surface area contributed by atoms with Crippen LogP contribution in [0.5, 0.6) is 0 Å². The number of halogens is 9. The SMILES string of the molecule is Cl.Cl.Fc1c(F)c(F)c([C@H](C(F)F)N2CCNCC2)c(F)c1F. The van der Waals surface area contributed by atoms with Crippen LogP contribution in [0, 0.1) is 29.1 Å². The minimum absolute atomic E-state index is 0. The molecule has 23 heavy (non-hydrogen) atoms. The van der Waals surface area contributed by atoms with Crippen LogP contribution in [0.3, 0.4) is 0 Å². The molecule has 1 aromatic rings. The van der Waals surface area contributed by atoms with Crippen molar-refractivity contribution in [3.8, 4) is 0 Å². The monoisotopic (exact) mass is 388 g/mol. The molecule has 1 saturated heterocycles. The van der Waals surface area contributed by atoms with Crippen molar-refractivity contribution in [3.05, 3.63) is 34.6 Å². The zero-order chi connectivity index (χ0) is 15.7. The Morgan fingerprint density at radius 3 is 1.52 bits per heavy atom. The molecule has 1 heterocycles. The van der Waals surface area contributed by atoms with E-state index in [0.717, 1.165) is 4.90 Å². The lowest BCUT2D eigenvalue weighted by atomic mass is 10.0. The molecule has 0 unspecified atom stereocenters. The Balaban J connectivity index is 0.00000242. The van der Waals surface area contributed by atoms with E-state index < -0.39 is 47.1 Å². The summed E-state index contributed by atoms with van der Waals surface area (Å²) in [4.78, 5) is 0.999. The van der Waals surface area contributed by atoms with Crippen LogP contribution in [0.4, 0.5) is 30.7 Å². The Morgan fingerprint density at radius 1 is 0.739 bits per heavy atom. The van der Waals surface area contributed by atoms with E-state index >= 15 is 0 Å². The molecule has 1 aliphatic rings. The summed E-state index contributed by atoms with van der Waals surface area (Å²) in [6, 6.07) is -2.18. The lowest BCUT2D eigenvalue weighted by Gasteiger charge is -2.34. The predicted molar refractivity (Wildman–Crippen MR) is 73.9 cm³/mol. The lowest BCUT2D eigenvalue weighted by molar-refractivity contribution is 0.0136. The van der Waals surface area contributed by atoms with E-state index in [1.54, 1.807) is 0 Å². The van der Waals surface area contributed by atoms with Gasteiger partial charge in [0.05, 0.1) is 5.56 Å². The van der Waals surface area contributed by atoms with Crippen molar-refractivity contribution < 1.29 is 30.7 Å². The van der Waals surface area contributed by atoms with Crippen LogP contribution in [0.15, 0.2) is 0 Å². The van der Waals surface area contributed by atoms with Crippen molar-refractivity contribution in [1.29, 1.82) is 0 Å². The second-order valence-corrected chi connectivity index (χ2v) is 4.55. The van der Waals surface area contributed by atoms with Gasteiger partial charge in [-0.25, -0.2) is 30.7 Å². The van der Waals surface area contributed by atoms with Crippen LogP contribution in [-0.4, -0.2) is 37.5 Å². The smallest absolute Gasteiger partial charge is 0.258 e. The normalized spacial score (nSPS) is 16.7. The number of nitrogens with one attached hydrogen (secondary N) is 1. The Morgan fingerprint density at radius 2 is 1.13 bits per heavy atom. The average molecular weight is 389 g/mol. The summed E-state index contributed by atoms with van der Waals surface area (Å²) >= 11 is 0. The average Bonchev–Trinajstić information content (AvgIpc) is 2.48. The third-order valence-electron chi connectivity index (χ3n) is 3.32. The second kappa shape index (κ2) is 8.91. The highest BCUT2D eigenvalue weighted by Crippen LogP contribution is 2.34. The van der Waals surface area contributed by atoms with Crippen LogP contribution in [-0.2, 0) is 0 Å². The quantitative estimate of drug-likeness (QED) is 0.484. The number of rotatable bonds is 3. The molecule has 0 aliphatic carbocycles. The fourth-order valence-electron chi connectivity index (χ4n) is 2.31. The Kier molecular flexibility index (Phi) is 8.61. The molecular weight excluding hydrogens is 376 g/mol. The number of benzene rings is 1. The van der Waals surface area contributed by atoms with Gasteiger partial charge in [-0.15, -0.1) is 24.8 Å². The third-order valence-corrected chi connectivity index (χ3v) is 3.32. The molecule has 1 aromatic carbocycles. The Bertz CT molecular complexity index is 510. The first-order valence-corrected chi connectivity index (χ1v) is 6.10. The maximum Gasteiger partial charge on any atom is 0.258 e. The number of nitrogens with zero attached hydrogens (tertiary/aromatic N) is 1. The van der Waals surface area contributed by atoms with Crippen molar-refractivity contribution in [1.82, 2.24) is 10.2 Å². The van der Waals surface area contributed by atoms with Crippen molar-refractivity contribution in [2.24, 2.45) is 0 Å². The van der Waals surface area contributed by atoms with Gasteiger partial charge in [-0.1, -0.05) is 0 Å². The highest BCUT2D eigenvalue weighted by molar-refractivity contribution is 5.85. The fourth-order valence-corrected chi connectivity index (χ4v) is 2.31. The van der Waals surface area contributed by atoms with E-state index in [4.69, 9.17) is 0 Å². The molecule has 0 aromatic heterocycles. The van der Waals surface area contributed by atoms with E-state index in [-0.39, 0.29) is 51.0 Å². The molecule has 0 bridgehead atoms. The molecule has 0 radical (unpaired) electrons. The molecule has 2 nitrogen and oxygen atoms in total. The molecule has 11 heteroatoms. The fraction of sp³-hybridized carbons (Fsp3) is 0.500. The number of hydrogen-bond acceptors (Lipinski definition) is 2. The van der Waals surface area contributed by atoms with Gasteiger partial charge in [0.15, 0.2) is 23.3 Å². The highest BCUT2D eigenvalue weighted by Gasteiger charge is 2.38. The summed E-state index contributed by atoms with van der Waals surface area (Å²) in [6.07, 6.45) is -3.30. The van der Waals surface area contributed by atoms with E-state index in [1.807, 2.05) is 0 Å². The van der Waals surface area contributed by atoms with Gasteiger partial charge in [0.25, 0.3) is 6.43 Å². The van der Waals surface area contributed by atoms with Gasteiger partial charge in [0.2, 0.25) is 5.82 Å². The van der Waals surface area contributed by atoms with Gasteiger partial charge >= 0.3 is 0 Å². The maximum absolute atomic E-state index is 13.7. The Hall–Kier alpha value is -0.770. The third kappa shape index (κ3) is 4.20. The maximum atomic E-state index is 13.7.